The predicted molar refractivity (Wildman–Crippen MR) is 90.0 cm³/mol. The van der Waals surface area contributed by atoms with Crippen molar-refractivity contribution in [2.24, 2.45) is 0 Å². The van der Waals surface area contributed by atoms with Gasteiger partial charge in [-0.05, 0) is 30.3 Å². The summed E-state index contributed by atoms with van der Waals surface area (Å²) in [5, 5.41) is 6.47. The van der Waals surface area contributed by atoms with Gasteiger partial charge >= 0.3 is 0 Å². The highest BCUT2D eigenvalue weighted by Gasteiger charge is 2.17. The molecule has 0 bridgehead atoms. The van der Waals surface area contributed by atoms with E-state index in [1.807, 2.05) is 36.4 Å². The molecule has 0 saturated carbocycles. The number of anilines is 2. The molecule has 2 N–H and O–H groups in total. The van der Waals surface area contributed by atoms with Crippen molar-refractivity contribution in [3.8, 4) is 0 Å². The molecule has 5 nitrogen and oxygen atoms in total. The minimum atomic E-state index is -0.323. The largest absolute Gasteiger partial charge is 0.451 e. The van der Waals surface area contributed by atoms with Crippen molar-refractivity contribution in [3.63, 3.8) is 0 Å². The second kappa shape index (κ2) is 5.48. The van der Waals surface area contributed by atoms with E-state index in [4.69, 9.17) is 4.42 Å². The standard InChI is InChI=1S/C17H12N2O3S/c20-16-9-23-15-6-5-11(8-12(15)19-16)18-17(21)14-7-10-3-1-2-4-13(10)22-14/h1-8H,9H2,(H,18,21)(H,19,20). The van der Waals surface area contributed by atoms with Gasteiger partial charge in [0.15, 0.2) is 5.76 Å². The smallest absolute Gasteiger partial charge is 0.291 e. The molecule has 2 heterocycles. The molecule has 2 amide bonds. The summed E-state index contributed by atoms with van der Waals surface area (Å²) in [5.41, 5.74) is 2.00. The summed E-state index contributed by atoms with van der Waals surface area (Å²) >= 11 is 1.48. The average Bonchev–Trinajstić information content (AvgIpc) is 2.98. The van der Waals surface area contributed by atoms with Crippen LogP contribution in [0.2, 0.25) is 0 Å². The summed E-state index contributed by atoms with van der Waals surface area (Å²) in [5.74, 6) is 0.305. The Morgan fingerprint density at radius 2 is 2.04 bits per heavy atom. The molecule has 0 fully saturated rings. The molecule has 0 aliphatic carbocycles. The highest BCUT2D eigenvalue weighted by atomic mass is 32.2. The summed E-state index contributed by atoms with van der Waals surface area (Å²) in [6.45, 7) is 0. The van der Waals surface area contributed by atoms with Crippen LogP contribution in [0.1, 0.15) is 10.6 Å². The van der Waals surface area contributed by atoms with Crippen molar-refractivity contribution >= 4 is 45.9 Å². The Labute approximate surface area is 136 Å². The van der Waals surface area contributed by atoms with Gasteiger partial charge < -0.3 is 15.1 Å². The highest BCUT2D eigenvalue weighted by molar-refractivity contribution is 8.00. The van der Waals surface area contributed by atoms with E-state index in [-0.39, 0.29) is 17.6 Å². The van der Waals surface area contributed by atoms with E-state index in [0.29, 0.717) is 22.7 Å². The number of nitrogens with one attached hydrogen (secondary N) is 2. The third-order valence-corrected chi connectivity index (χ3v) is 4.59. The Morgan fingerprint density at radius 1 is 1.17 bits per heavy atom. The van der Waals surface area contributed by atoms with Crippen molar-refractivity contribution in [1.82, 2.24) is 0 Å². The maximum absolute atomic E-state index is 12.3. The molecule has 0 unspecified atom stereocenters. The van der Waals surface area contributed by atoms with Gasteiger partial charge in [0.1, 0.15) is 5.58 Å². The molecule has 0 atom stereocenters. The Kier molecular flexibility index (Phi) is 3.31. The van der Waals surface area contributed by atoms with E-state index in [0.717, 1.165) is 10.3 Å². The van der Waals surface area contributed by atoms with Crippen LogP contribution in [0, 0.1) is 0 Å². The maximum atomic E-state index is 12.3. The van der Waals surface area contributed by atoms with Gasteiger partial charge in [0.2, 0.25) is 5.91 Å². The molecule has 6 heteroatoms. The third kappa shape index (κ3) is 2.68. The lowest BCUT2D eigenvalue weighted by molar-refractivity contribution is -0.113. The number of amides is 2. The third-order valence-electron chi connectivity index (χ3n) is 3.52. The molecule has 3 aromatic rings. The number of hydrogen-bond donors (Lipinski definition) is 2. The van der Waals surface area contributed by atoms with E-state index in [2.05, 4.69) is 10.6 Å². The van der Waals surface area contributed by atoms with Crippen LogP contribution in [0.15, 0.2) is 57.8 Å². The number of carbonyl (C=O) groups excluding carboxylic acids is 2. The fourth-order valence-electron chi connectivity index (χ4n) is 2.45. The number of rotatable bonds is 2. The molecule has 4 rings (SSSR count). The Balaban J connectivity index is 1.58. The number of thioether (sulfide) groups is 1. The summed E-state index contributed by atoms with van der Waals surface area (Å²) < 4.78 is 5.55. The van der Waals surface area contributed by atoms with Crippen molar-refractivity contribution in [2.45, 2.75) is 4.90 Å². The molecule has 0 radical (unpaired) electrons. The molecular formula is C17H12N2O3S. The number of para-hydroxylation sites is 1. The van der Waals surface area contributed by atoms with E-state index in [9.17, 15) is 9.59 Å². The lowest BCUT2D eigenvalue weighted by Crippen LogP contribution is -2.19. The molecular weight excluding hydrogens is 312 g/mol. The monoisotopic (exact) mass is 324 g/mol. The van der Waals surface area contributed by atoms with Crippen LogP contribution in [-0.2, 0) is 4.79 Å². The summed E-state index contributed by atoms with van der Waals surface area (Å²) in [6.07, 6.45) is 0. The topological polar surface area (TPSA) is 71.3 Å². The van der Waals surface area contributed by atoms with Crippen LogP contribution in [-0.4, -0.2) is 17.6 Å². The first-order chi connectivity index (χ1) is 11.2. The molecule has 0 spiro atoms. The fraction of sp³-hybridized carbons (Fsp3) is 0.0588. The Bertz CT molecular complexity index is 899. The first-order valence-corrected chi connectivity index (χ1v) is 8.04. The van der Waals surface area contributed by atoms with Gasteiger partial charge in [0, 0.05) is 16.0 Å². The molecule has 1 aromatic heterocycles. The van der Waals surface area contributed by atoms with Gasteiger partial charge in [0.05, 0.1) is 11.4 Å². The molecule has 1 aliphatic heterocycles. The van der Waals surface area contributed by atoms with Crippen molar-refractivity contribution < 1.29 is 14.0 Å². The summed E-state index contributed by atoms with van der Waals surface area (Å²) in [7, 11) is 0. The predicted octanol–water partition coefficient (Wildman–Crippen LogP) is 3.73. The first-order valence-electron chi connectivity index (χ1n) is 7.06. The van der Waals surface area contributed by atoms with Gasteiger partial charge in [-0.2, -0.15) is 0 Å². The lowest BCUT2D eigenvalue weighted by atomic mass is 10.2. The van der Waals surface area contributed by atoms with Crippen LogP contribution in [0.4, 0.5) is 11.4 Å². The number of fused-ring (bicyclic) bond motifs is 2. The van der Waals surface area contributed by atoms with Crippen molar-refractivity contribution in [1.29, 1.82) is 0 Å². The van der Waals surface area contributed by atoms with Gasteiger partial charge in [-0.3, -0.25) is 9.59 Å². The molecule has 23 heavy (non-hydrogen) atoms. The van der Waals surface area contributed by atoms with E-state index in [1.165, 1.54) is 11.8 Å². The Morgan fingerprint density at radius 3 is 2.91 bits per heavy atom. The van der Waals surface area contributed by atoms with Gasteiger partial charge in [-0.15, -0.1) is 11.8 Å². The fourth-order valence-corrected chi connectivity index (χ4v) is 3.24. The first kappa shape index (κ1) is 13.9. The molecule has 2 aromatic carbocycles. The van der Waals surface area contributed by atoms with Gasteiger partial charge in [0.25, 0.3) is 5.91 Å². The van der Waals surface area contributed by atoms with Crippen LogP contribution in [0.25, 0.3) is 11.0 Å². The highest BCUT2D eigenvalue weighted by Crippen LogP contribution is 2.33. The summed E-state index contributed by atoms with van der Waals surface area (Å²) in [6, 6.07) is 14.6. The minimum Gasteiger partial charge on any atom is -0.451 e. The number of benzene rings is 2. The maximum Gasteiger partial charge on any atom is 0.291 e. The number of furan rings is 1. The van der Waals surface area contributed by atoms with Gasteiger partial charge in [-0.25, -0.2) is 0 Å². The molecule has 114 valence electrons. The SMILES string of the molecule is O=C1CSc2ccc(NC(=O)c3cc4ccccc4o3)cc2N1. The van der Waals surface area contributed by atoms with E-state index in [1.54, 1.807) is 12.1 Å². The second-order valence-electron chi connectivity index (χ2n) is 5.15. The second-order valence-corrected chi connectivity index (χ2v) is 6.17. The zero-order valence-corrected chi connectivity index (χ0v) is 12.8. The zero-order chi connectivity index (χ0) is 15.8. The number of carbonyl (C=O) groups is 2. The lowest BCUT2D eigenvalue weighted by Gasteiger charge is -2.17. The van der Waals surface area contributed by atoms with E-state index >= 15 is 0 Å². The normalized spacial score (nSPS) is 13.5. The van der Waals surface area contributed by atoms with Crippen LogP contribution >= 0.6 is 11.8 Å². The van der Waals surface area contributed by atoms with Crippen LogP contribution in [0.3, 0.4) is 0 Å². The van der Waals surface area contributed by atoms with Crippen molar-refractivity contribution in [2.75, 3.05) is 16.4 Å². The average molecular weight is 324 g/mol. The quantitative estimate of drug-likeness (QED) is 0.753. The van der Waals surface area contributed by atoms with Crippen molar-refractivity contribution in [3.05, 3.63) is 54.3 Å². The molecule has 0 saturated heterocycles. The zero-order valence-electron chi connectivity index (χ0n) is 12.0. The molecule has 1 aliphatic rings. The summed E-state index contributed by atoms with van der Waals surface area (Å²) in [4.78, 5) is 24.8. The minimum absolute atomic E-state index is 0.0386. The van der Waals surface area contributed by atoms with Gasteiger partial charge in [-0.1, -0.05) is 18.2 Å². The van der Waals surface area contributed by atoms with E-state index < -0.39 is 0 Å². The number of hydrogen-bond acceptors (Lipinski definition) is 4. The Hall–Kier alpha value is -2.73. The van der Waals surface area contributed by atoms with Crippen LogP contribution in [0.5, 0.6) is 0 Å². The van der Waals surface area contributed by atoms with Crippen LogP contribution < -0.4 is 10.6 Å².